The van der Waals surface area contributed by atoms with Gasteiger partial charge in [0.15, 0.2) is 18.1 Å². The van der Waals surface area contributed by atoms with Crippen LogP contribution < -0.4 is 9.47 Å². The van der Waals surface area contributed by atoms with Crippen LogP contribution in [0.25, 0.3) is 11.4 Å². The molecule has 7 heteroatoms. The number of hydrogen-bond acceptors (Lipinski definition) is 7. The minimum absolute atomic E-state index is 0.0720. The minimum Gasteiger partial charge on any atom is -0.493 e. The fourth-order valence-corrected chi connectivity index (χ4v) is 2.22. The van der Waals surface area contributed by atoms with E-state index in [0.29, 0.717) is 23.2 Å². The predicted octanol–water partition coefficient (Wildman–Crippen LogP) is 3.30. The molecular formula is C18H17N3O4. The van der Waals surface area contributed by atoms with Gasteiger partial charge in [-0.3, -0.25) is 0 Å². The van der Waals surface area contributed by atoms with Gasteiger partial charge in [-0.05, 0) is 12.1 Å². The molecule has 25 heavy (non-hydrogen) atoms. The number of aromatic nitrogens is 2. The van der Waals surface area contributed by atoms with Crippen LogP contribution in [0.4, 0.5) is 0 Å². The maximum absolute atomic E-state index is 5.32. The van der Waals surface area contributed by atoms with Crippen LogP contribution in [0.2, 0.25) is 0 Å². The Balaban J connectivity index is 1.62. The SMILES string of the molecule is COc1cccc(/C=N\OCc2nc(-c3ccccc3)no2)c1OC. The third-order valence-corrected chi connectivity index (χ3v) is 3.39. The number of para-hydroxylation sites is 1. The molecule has 0 saturated heterocycles. The average Bonchev–Trinajstić information content (AvgIpc) is 3.14. The molecule has 0 saturated carbocycles. The van der Waals surface area contributed by atoms with E-state index in [1.54, 1.807) is 20.3 Å². The van der Waals surface area contributed by atoms with Gasteiger partial charge in [0.25, 0.3) is 5.89 Å². The summed E-state index contributed by atoms with van der Waals surface area (Å²) in [6.07, 6.45) is 1.54. The van der Waals surface area contributed by atoms with E-state index in [-0.39, 0.29) is 6.61 Å². The van der Waals surface area contributed by atoms with Crippen LogP contribution in [0.3, 0.4) is 0 Å². The maximum atomic E-state index is 5.32. The van der Waals surface area contributed by atoms with E-state index in [1.165, 1.54) is 6.21 Å². The molecule has 0 aliphatic rings. The van der Waals surface area contributed by atoms with Crippen molar-refractivity contribution < 1.29 is 18.8 Å². The van der Waals surface area contributed by atoms with Gasteiger partial charge in [0.2, 0.25) is 5.82 Å². The fraction of sp³-hybridized carbons (Fsp3) is 0.167. The lowest BCUT2D eigenvalue weighted by Gasteiger charge is -2.09. The zero-order chi connectivity index (χ0) is 17.5. The van der Waals surface area contributed by atoms with Crippen LogP contribution in [-0.4, -0.2) is 30.6 Å². The summed E-state index contributed by atoms with van der Waals surface area (Å²) in [4.78, 5) is 9.49. The first kappa shape index (κ1) is 16.5. The summed E-state index contributed by atoms with van der Waals surface area (Å²) in [5.74, 6) is 2.06. The maximum Gasteiger partial charge on any atom is 0.267 e. The molecule has 1 heterocycles. The minimum atomic E-state index is 0.0720. The predicted molar refractivity (Wildman–Crippen MR) is 91.7 cm³/mol. The first-order valence-corrected chi connectivity index (χ1v) is 7.56. The van der Waals surface area contributed by atoms with Crippen LogP contribution in [0.1, 0.15) is 11.5 Å². The zero-order valence-electron chi connectivity index (χ0n) is 13.9. The Hall–Kier alpha value is -3.35. The first-order chi connectivity index (χ1) is 12.3. The summed E-state index contributed by atoms with van der Waals surface area (Å²) in [6, 6.07) is 15.0. The summed E-state index contributed by atoms with van der Waals surface area (Å²) in [6.45, 7) is 0.0720. The molecule has 0 amide bonds. The monoisotopic (exact) mass is 339 g/mol. The molecule has 0 atom stereocenters. The van der Waals surface area contributed by atoms with Crippen molar-refractivity contribution in [3.05, 3.63) is 60.0 Å². The molecule has 0 bridgehead atoms. The van der Waals surface area contributed by atoms with Crippen molar-refractivity contribution in [3.8, 4) is 22.9 Å². The normalized spacial score (nSPS) is 10.8. The van der Waals surface area contributed by atoms with Gasteiger partial charge in [0.1, 0.15) is 0 Å². The first-order valence-electron chi connectivity index (χ1n) is 7.56. The Morgan fingerprint density at radius 3 is 2.64 bits per heavy atom. The molecule has 128 valence electrons. The highest BCUT2D eigenvalue weighted by atomic mass is 16.6. The van der Waals surface area contributed by atoms with Crippen molar-refractivity contribution in [2.24, 2.45) is 5.16 Å². The highest BCUT2D eigenvalue weighted by Gasteiger charge is 2.09. The fourth-order valence-electron chi connectivity index (χ4n) is 2.22. The number of hydrogen-bond donors (Lipinski definition) is 0. The number of ether oxygens (including phenoxy) is 2. The summed E-state index contributed by atoms with van der Waals surface area (Å²) in [5, 5.41) is 7.83. The van der Waals surface area contributed by atoms with Crippen LogP contribution in [0, 0.1) is 0 Å². The summed E-state index contributed by atoms with van der Waals surface area (Å²) >= 11 is 0. The highest BCUT2D eigenvalue weighted by molar-refractivity contribution is 5.84. The second kappa shape index (κ2) is 7.96. The van der Waals surface area contributed by atoms with Crippen molar-refractivity contribution in [3.63, 3.8) is 0 Å². The van der Waals surface area contributed by atoms with Crippen molar-refractivity contribution in [1.29, 1.82) is 0 Å². The lowest BCUT2D eigenvalue weighted by molar-refractivity contribution is 0.107. The molecule has 0 aliphatic heterocycles. The zero-order valence-corrected chi connectivity index (χ0v) is 13.9. The molecule has 0 spiro atoms. The smallest absolute Gasteiger partial charge is 0.267 e. The average molecular weight is 339 g/mol. The number of oxime groups is 1. The standard InChI is InChI=1S/C18H17N3O4/c1-22-15-10-6-9-14(17(15)23-2)11-19-24-12-16-20-18(21-25-16)13-7-4-3-5-8-13/h3-11H,12H2,1-2H3/b19-11-. The molecule has 0 fully saturated rings. The van der Waals surface area contributed by atoms with Crippen molar-refractivity contribution >= 4 is 6.21 Å². The molecule has 0 aliphatic carbocycles. The summed E-state index contributed by atoms with van der Waals surface area (Å²) in [7, 11) is 3.15. The number of methoxy groups -OCH3 is 2. The van der Waals surface area contributed by atoms with Crippen LogP contribution in [0.15, 0.2) is 58.2 Å². The second-order valence-corrected chi connectivity index (χ2v) is 4.97. The van der Waals surface area contributed by atoms with Gasteiger partial charge in [-0.1, -0.05) is 46.7 Å². The Morgan fingerprint density at radius 2 is 1.88 bits per heavy atom. The van der Waals surface area contributed by atoms with Gasteiger partial charge in [0.05, 0.1) is 20.4 Å². The molecule has 1 aromatic heterocycles. The van der Waals surface area contributed by atoms with E-state index in [2.05, 4.69) is 15.3 Å². The molecular weight excluding hydrogens is 322 g/mol. The van der Waals surface area contributed by atoms with E-state index in [9.17, 15) is 0 Å². The van der Waals surface area contributed by atoms with Gasteiger partial charge in [0, 0.05) is 11.1 Å². The van der Waals surface area contributed by atoms with E-state index < -0.39 is 0 Å². The highest BCUT2D eigenvalue weighted by Crippen LogP contribution is 2.29. The van der Waals surface area contributed by atoms with Crippen LogP contribution >= 0.6 is 0 Å². The molecule has 2 aromatic carbocycles. The van der Waals surface area contributed by atoms with Gasteiger partial charge in [-0.25, -0.2) is 0 Å². The second-order valence-electron chi connectivity index (χ2n) is 4.97. The molecule has 3 aromatic rings. The Labute approximate surface area is 144 Å². The molecule has 7 nitrogen and oxygen atoms in total. The van der Waals surface area contributed by atoms with Gasteiger partial charge >= 0.3 is 0 Å². The molecule has 3 rings (SSSR count). The van der Waals surface area contributed by atoms with Gasteiger partial charge in [-0.2, -0.15) is 4.98 Å². The third-order valence-electron chi connectivity index (χ3n) is 3.39. The van der Waals surface area contributed by atoms with Gasteiger partial charge < -0.3 is 18.8 Å². The van der Waals surface area contributed by atoms with E-state index in [4.69, 9.17) is 18.8 Å². The summed E-state index contributed by atoms with van der Waals surface area (Å²) < 4.78 is 15.7. The Kier molecular flexibility index (Phi) is 5.26. The third kappa shape index (κ3) is 3.95. The molecule has 0 unspecified atom stereocenters. The van der Waals surface area contributed by atoms with E-state index >= 15 is 0 Å². The quantitative estimate of drug-likeness (QED) is 0.485. The number of benzene rings is 2. The lowest BCUT2D eigenvalue weighted by Crippen LogP contribution is -1.95. The Morgan fingerprint density at radius 1 is 1.04 bits per heavy atom. The topological polar surface area (TPSA) is 79.0 Å². The lowest BCUT2D eigenvalue weighted by atomic mass is 10.2. The summed E-state index contributed by atoms with van der Waals surface area (Å²) in [5.41, 5.74) is 1.61. The van der Waals surface area contributed by atoms with Crippen molar-refractivity contribution in [2.45, 2.75) is 6.61 Å². The van der Waals surface area contributed by atoms with E-state index in [0.717, 1.165) is 11.1 Å². The Bertz CT molecular complexity index is 847. The molecule has 0 radical (unpaired) electrons. The van der Waals surface area contributed by atoms with Crippen LogP contribution in [-0.2, 0) is 11.4 Å². The van der Waals surface area contributed by atoms with E-state index in [1.807, 2.05) is 42.5 Å². The van der Waals surface area contributed by atoms with Gasteiger partial charge in [-0.15, -0.1) is 0 Å². The van der Waals surface area contributed by atoms with Crippen LogP contribution in [0.5, 0.6) is 11.5 Å². The number of rotatable bonds is 7. The molecule has 0 N–H and O–H groups in total. The van der Waals surface area contributed by atoms with Crippen molar-refractivity contribution in [1.82, 2.24) is 10.1 Å². The van der Waals surface area contributed by atoms with Crippen molar-refractivity contribution in [2.75, 3.05) is 14.2 Å². The number of nitrogens with zero attached hydrogens (tertiary/aromatic N) is 3. The largest absolute Gasteiger partial charge is 0.493 e.